The lowest BCUT2D eigenvalue weighted by Gasteiger charge is -2.26. The van der Waals surface area contributed by atoms with Crippen molar-refractivity contribution in [1.82, 2.24) is 20.0 Å². The summed E-state index contributed by atoms with van der Waals surface area (Å²) >= 11 is 0. The Morgan fingerprint density at radius 2 is 2.12 bits per heavy atom. The van der Waals surface area contributed by atoms with Gasteiger partial charge >= 0.3 is 0 Å². The van der Waals surface area contributed by atoms with Crippen molar-refractivity contribution in [2.45, 2.75) is 26.8 Å². The van der Waals surface area contributed by atoms with Crippen LogP contribution in [0.2, 0.25) is 0 Å². The highest BCUT2D eigenvalue weighted by atomic mass is 15.3. The molecule has 0 radical (unpaired) electrons. The van der Waals surface area contributed by atoms with Gasteiger partial charge in [0.15, 0.2) is 0 Å². The fourth-order valence-corrected chi connectivity index (χ4v) is 2.22. The summed E-state index contributed by atoms with van der Waals surface area (Å²) in [5.41, 5.74) is 1.23. The predicted octanol–water partition coefficient (Wildman–Crippen LogP) is 0.987. The Bertz CT molecular complexity index is 326. The first-order valence-electron chi connectivity index (χ1n) is 6.69. The zero-order chi connectivity index (χ0) is 12.1. The Balaban J connectivity index is 1.76. The van der Waals surface area contributed by atoms with Crippen molar-refractivity contribution in [3.8, 4) is 0 Å². The summed E-state index contributed by atoms with van der Waals surface area (Å²) in [6, 6.07) is 2.16. The second kappa shape index (κ2) is 6.17. The smallest absolute Gasteiger partial charge is 0.0637 e. The third-order valence-electron chi connectivity index (χ3n) is 3.14. The summed E-state index contributed by atoms with van der Waals surface area (Å²) in [6.45, 7) is 11.2. The Kier molecular flexibility index (Phi) is 4.57. The van der Waals surface area contributed by atoms with Crippen molar-refractivity contribution in [3.63, 3.8) is 0 Å². The molecule has 0 aromatic carbocycles. The molecule has 0 amide bonds. The van der Waals surface area contributed by atoms with Crippen molar-refractivity contribution in [2.24, 2.45) is 5.92 Å². The number of rotatable bonds is 5. The minimum atomic E-state index is 0.663. The maximum Gasteiger partial charge on any atom is 0.0637 e. The fraction of sp³-hybridized carbons (Fsp3) is 0.769. The van der Waals surface area contributed by atoms with Crippen LogP contribution >= 0.6 is 0 Å². The summed E-state index contributed by atoms with van der Waals surface area (Å²) in [7, 11) is 0. The Labute approximate surface area is 104 Å². The molecule has 2 rings (SSSR count). The van der Waals surface area contributed by atoms with Crippen LogP contribution in [-0.2, 0) is 13.0 Å². The summed E-state index contributed by atoms with van der Waals surface area (Å²) in [6.07, 6.45) is 3.18. The van der Waals surface area contributed by atoms with E-state index in [1.807, 2.05) is 0 Å². The highest BCUT2D eigenvalue weighted by Crippen LogP contribution is 2.03. The first-order chi connectivity index (χ1) is 8.24. The van der Waals surface area contributed by atoms with Gasteiger partial charge in [-0.2, -0.15) is 5.10 Å². The number of nitrogens with one attached hydrogen (secondary N) is 1. The van der Waals surface area contributed by atoms with Crippen LogP contribution in [-0.4, -0.2) is 47.4 Å². The molecule has 0 atom stereocenters. The molecule has 1 aromatic rings. The van der Waals surface area contributed by atoms with Crippen molar-refractivity contribution in [2.75, 3.05) is 32.7 Å². The Morgan fingerprint density at radius 1 is 1.35 bits per heavy atom. The Morgan fingerprint density at radius 3 is 2.82 bits per heavy atom. The summed E-state index contributed by atoms with van der Waals surface area (Å²) in [5.74, 6) is 0.663. The molecule has 1 aliphatic rings. The average molecular weight is 236 g/mol. The molecule has 0 aliphatic carbocycles. The number of hydrogen-bond donors (Lipinski definition) is 1. The van der Waals surface area contributed by atoms with Crippen LogP contribution in [0.1, 0.15) is 19.5 Å². The minimum Gasteiger partial charge on any atom is -0.314 e. The van der Waals surface area contributed by atoms with Crippen molar-refractivity contribution in [1.29, 1.82) is 0 Å². The van der Waals surface area contributed by atoms with Gasteiger partial charge in [-0.1, -0.05) is 13.8 Å². The van der Waals surface area contributed by atoms with E-state index in [2.05, 4.69) is 46.1 Å². The van der Waals surface area contributed by atoms with Crippen molar-refractivity contribution >= 4 is 0 Å². The van der Waals surface area contributed by atoms with Crippen LogP contribution in [0.5, 0.6) is 0 Å². The molecule has 2 heterocycles. The van der Waals surface area contributed by atoms with Gasteiger partial charge in [-0.3, -0.25) is 4.68 Å². The standard InChI is InChI=1S/C13H24N4/c1-12(2)11-17-8-4-13(15-17)3-7-16-9-5-14-6-10-16/h4,8,12,14H,3,5-7,9-11H2,1-2H3. The van der Waals surface area contributed by atoms with E-state index in [0.29, 0.717) is 5.92 Å². The number of piperazine rings is 1. The lowest BCUT2D eigenvalue weighted by molar-refractivity contribution is 0.243. The van der Waals surface area contributed by atoms with Crippen LogP contribution in [0.4, 0.5) is 0 Å². The predicted molar refractivity (Wildman–Crippen MR) is 70.1 cm³/mol. The zero-order valence-corrected chi connectivity index (χ0v) is 11.0. The normalized spacial score (nSPS) is 17.8. The summed E-state index contributed by atoms with van der Waals surface area (Å²) < 4.78 is 2.07. The molecule has 0 saturated carbocycles. The van der Waals surface area contributed by atoms with E-state index in [1.165, 1.54) is 18.8 Å². The maximum absolute atomic E-state index is 4.61. The van der Waals surface area contributed by atoms with E-state index in [4.69, 9.17) is 0 Å². The monoisotopic (exact) mass is 236 g/mol. The molecule has 0 unspecified atom stereocenters. The van der Waals surface area contributed by atoms with Gasteiger partial charge in [-0.25, -0.2) is 0 Å². The minimum absolute atomic E-state index is 0.663. The van der Waals surface area contributed by atoms with E-state index in [9.17, 15) is 0 Å². The van der Waals surface area contributed by atoms with Gasteiger partial charge in [0.05, 0.1) is 5.69 Å². The van der Waals surface area contributed by atoms with Gasteiger partial charge in [-0.05, 0) is 12.0 Å². The Hall–Kier alpha value is -0.870. The van der Waals surface area contributed by atoms with Crippen molar-refractivity contribution in [3.05, 3.63) is 18.0 Å². The maximum atomic E-state index is 4.61. The molecule has 0 spiro atoms. The zero-order valence-electron chi connectivity index (χ0n) is 11.0. The van der Waals surface area contributed by atoms with E-state index >= 15 is 0 Å². The third kappa shape index (κ3) is 4.13. The molecule has 0 bridgehead atoms. The van der Waals surface area contributed by atoms with Crippen LogP contribution in [0.15, 0.2) is 12.3 Å². The topological polar surface area (TPSA) is 33.1 Å². The highest BCUT2D eigenvalue weighted by molar-refractivity contribution is 4.99. The molecule has 96 valence electrons. The van der Waals surface area contributed by atoms with Gasteiger partial charge in [0.25, 0.3) is 0 Å². The van der Waals surface area contributed by atoms with E-state index in [0.717, 1.165) is 32.6 Å². The highest BCUT2D eigenvalue weighted by Gasteiger charge is 2.09. The number of hydrogen-bond acceptors (Lipinski definition) is 3. The van der Waals surface area contributed by atoms with Gasteiger partial charge in [0.1, 0.15) is 0 Å². The molecule has 17 heavy (non-hydrogen) atoms. The quantitative estimate of drug-likeness (QED) is 0.827. The first kappa shape index (κ1) is 12.6. The van der Waals surface area contributed by atoms with Crippen LogP contribution in [0.3, 0.4) is 0 Å². The van der Waals surface area contributed by atoms with Crippen LogP contribution in [0.25, 0.3) is 0 Å². The largest absolute Gasteiger partial charge is 0.314 e. The second-order valence-electron chi connectivity index (χ2n) is 5.26. The fourth-order valence-electron chi connectivity index (χ4n) is 2.22. The lowest BCUT2D eigenvalue weighted by atomic mass is 10.2. The molecule has 1 saturated heterocycles. The van der Waals surface area contributed by atoms with Gasteiger partial charge in [0.2, 0.25) is 0 Å². The number of nitrogens with zero attached hydrogens (tertiary/aromatic N) is 3. The third-order valence-corrected chi connectivity index (χ3v) is 3.14. The van der Waals surface area contributed by atoms with E-state index in [1.54, 1.807) is 0 Å². The summed E-state index contributed by atoms with van der Waals surface area (Å²) in [4.78, 5) is 2.51. The SMILES string of the molecule is CC(C)Cn1ccc(CCN2CCNCC2)n1. The molecule has 1 N–H and O–H groups in total. The number of aromatic nitrogens is 2. The van der Waals surface area contributed by atoms with Gasteiger partial charge in [0, 0.05) is 51.9 Å². The molecule has 1 aromatic heterocycles. The summed E-state index contributed by atoms with van der Waals surface area (Å²) in [5, 5.41) is 7.99. The van der Waals surface area contributed by atoms with Gasteiger partial charge < -0.3 is 10.2 Å². The average Bonchev–Trinajstić information content (AvgIpc) is 2.75. The molecule has 4 heteroatoms. The second-order valence-corrected chi connectivity index (χ2v) is 5.26. The first-order valence-corrected chi connectivity index (χ1v) is 6.69. The lowest BCUT2D eigenvalue weighted by Crippen LogP contribution is -2.44. The molecular weight excluding hydrogens is 212 g/mol. The molecule has 1 aliphatic heterocycles. The van der Waals surface area contributed by atoms with E-state index < -0.39 is 0 Å². The molecule has 1 fully saturated rings. The molecule has 4 nitrogen and oxygen atoms in total. The van der Waals surface area contributed by atoms with Crippen LogP contribution in [0, 0.1) is 5.92 Å². The van der Waals surface area contributed by atoms with Gasteiger partial charge in [-0.15, -0.1) is 0 Å². The van der Waals surface area contributed by atoms with Crippen molar-refractivity contribution < 1.29 is 0 Å². The van der Waals surface area contributed by atoms with Crippen LogP contribution < -0.4 is 5.32 Å². The van der Waals surface area contributed by atoms with E-state index in [-0.39, 0.29) is 0 Å². The molecular formula is C13H24N4.